The van der Waals surface area contributed by atoms with Gasteiger partial charge in [0.05, 0.1) is 12.2 Å². The SMILES string of the molecule is CC1=C\N=N/C2CC2/C=C/C=C\1. The van der Waals surface area contributed by atoms with E-state index in [1.54, 1.807) is 0 Å². The van der Waals surface area contributed by atoms with Gasteiger partial charge in [-0.15, -0.1) is 0 Å². The molecule has 0 bridgehead atoms. The summed E-state index contributed by atoms with van der Waals surface area (Å²) in [6.07, 6.45) is 11.4. The van der Waals surface area contributed by atoms with Crippen molar-refractivity contribution in [2.45, 2.75) is 19.4 Å². The van der Waals surface area contributed by atoms with E-state index in [9.17, 15) is 0 Å². The van der Waals surface area contributed by atoms with Crippen molar-refractivity contribution in [2.24, 2.45) is 16.1 Å². The summed E-state index contributed by atoms with van der Waals surface area (Å²) in [4.78, 5) is 0. The molecule has 1 saturated carbocycles. The molecule has 0 amide bonds. The van der Waals surface area contributed by atoms with Crippen LogP contribution >= 0.6 is 0 Å². The van der Waals surface area contributed by atoms with Crippen molar-refractivity contribution in [3.8, 4) is 0 Å². The van der Waals surface area contributed by atoms with Crippen molar-refractivity contribution in [3.63, 3.8) is 0 Å². The first-order chi connectivity index (χ1) is 5.86. The van der Waals surface area contributed by atoms with Crippen LogP contribution in [0.15, 0.2) is 46.3 Å². The molecule has 62 valence electrons. The molecule has 2 heteroatoms. The van der Waals surface area contributed by atoms with E-state index < -0.39 is 0 Å². The molecule has 0 spiro atoms. The average molecular weight is 160 g/mol. The van der Waals surface area contributed by atoms with E-state index in [0.29, 0.717) is 12.0 Å². The molecule has 12 heavy (non-hydrogen) atoms. The van der Waals surface area contributed by atoms with Gasteiger partial charge in [-0.1, -0.05) is 24.3 Å². The topological polar surface area (TPSA) is 24.7 Å². The van der Waals surface area contributed by atoms with Crippen LogP contribution in [0.4, 0.5) is 0 Å². The summed E-state index contributed by atoms with van der Waals surface area (Å²) >= 11 is 0. The Morgan fingerprint density at radius 2 is 2.33 bits per heavy atom. The van der Waals surface area contributed by atoms with Crippen LogP contribution in [0, 0.1) is 5.92 Å². The Bertz CT molecular complexity index is 284. The Kier molecular flexibility index (Phi) is 1.90. The van der Waals surface area contributed by atoms with Crippen LogP contribution in [-0.2, 0) is 0 Å². The second-order valence-corrected chi connectivity index (χ2v) is 3.31. The van der Waals surface area contributed by atoms with Gasteiger partial charge in [0.2, 0.25) is 0 Å². The number of allylic oxidation sites excluding steroid dienone is 4. The molecule has 1 aliphatic heterocycles. The third kappa shape index (κ3) is 1.70. The first kappa shape index (κ1) is 7.47. The monoisotopic (exact) mass is 160 g/mol. The van der Waals surface area contributed by atoms with E-state index in [1.807, 2.05) is 19.2 Å². The predicted octanol–water partition coefficient (Wildman–Crippen LogP) is 2.86. The summed E-state index contributed by atoms with van der Waals surface area (Å²) < 4.78 is 0. The number of hydrogen-bond donors (Lipinski definition) is 0. The third-order valence-electron chi connectivity index (χ3n) is 2.11. The van der Waals surface area contributed by atoms with Gasteiger partial charge in [0.1, 0.15) is 0 Å². The van der Waals surface area contributed by atoms with Crippen molar-refractivity contribution in [3.05, 3.63) is 36.1 Å². The van der Waals surface area contributed by atoms with Crippen LogP contribution in [0.25, 0.3) is 0 Å². The molecule has 1 fully saturated rings. The highest BCUT2D eigenvalue weighted by Gasteiger charge is 2.34. The van der Waals surface area contributed by atoms with E-state index in [0.717, 1.165) is 5.57 Å². The zero-order valence-corrected chi connectivity index (χ0v) is 7.14. The maximum absolute atomic E-state index is 4.17. The Balaban J connectivity index is 2.17. The van der Waals surface area contributed by atoms with Crippen molar-refractivity contribution in [1.29, 1.82) is 0 Å². The van der Waals surface area contributed by atoms with Crippen LogP contribution < -0.4 is 0 Å². The smallest absolute Gasteiger partial charge is 0.0782 e. The molecular formula is C10H12N2. The lowest BCUT2D eigenvalue weighted by atomic mass is 10.2. The molecule has 2 atom stereocenters. The minimum Gasteiger partial charge on any atom is -0.185 e. The molecular weight excluding hydrogens is 148 g/mol. The summed E-state index contributed by atoms with van der Waals surface area (Å²) in [5, 5.41) is 8.19. The fourth-order valence-electron chi connectivity index (χ4n) is 1.21. The summed E-state index contributed by atoms with van der Waals surface area (Å²) in [6, 6.07) is 0.455. The number of fused-ring (bicyclic) bond motifs is 1. The first-order valence-electron chi connectivity index (χ1n) is 4.28. The van der Waals surface area contributed by atoms with E-state index >= 15 is 0 Å². The number of azo groups is 1. The number of nitrogens with zero attached hydrogens (tertiary/aromatic N) is 2. The molecule has 2 unspecified atom stereocenters. The van der Waals surface area contributed by atoms with Crippen molar-refractivity contribution >= 4 is 0 Å². The van der Waals surface area contributed by atoms with Gasteiger partial charge in [0, 0.05) is 5.92 Å². The molecule has 0 N–H and O–H groups in total. The molecule has 0 aromatic rings. The number of hydrogen-bond acceptors (Lipinski definition) is 2. The van der Waals surface area contributed by atoms with E-state index in [-0.39, 0.29) is 0 Å². The Hall–Kier alpha value is -1.18. The van der Waals surface area contributed by atoms with Crippen molar-refractivity contribution in [2.75, 3.05) is 0 Å². The third-order valence-corrected chi connectivity index (χ3v) is 2.11. The first-order valence-corrected chi connectivity index (χ1v) is 4.28. The molecule has 0 aromatic carbocycles. The maximum Gasteiger partial charge on any atom is 0.0782 e. The Morgan fingerprint density at radius 3 is 3.25 bits per heavy atom. The average Bonchev–Trinajstić information content (AvgIpc) is 2.78. The minimum atomic E-state index is 0.455. The van der Waals surface area contributed by atoms with Gasteiger partial charge in [0.25, 0.3) is 0 Å². The fraction of sp³-hybridized carbons (Fsp3) is 0.400. The fourth-order valence-corrected chi connectivity index (χ4v) is 1.21. The van der Waals surface area contributed by atoms with Crippen LogP contribution in [-0.4, -0.2) is 6.04 Å². The lowest BCUT2D eigenvalue weighted by Crippen LogP contribution is -1.78. The Labute approximate surface area is 72.4 Å². The summed E-state index contributed by atoms with van der Waals surface area (Å²) in [5.74, 6) is 0.644. The second-order valence-electron chi connectivity index (χ2n) is 3.31. The molecule has 1 aliphatic carbocycles. The van der Waals surface area contributed by atoms with Crippen LogP contribution in [0.1, 0.15) is 13.3 Å². The highest BCUT2D eigenvalue weighted by atomic mass is 15.1. The standard InChI is InChI=1S/C10H12N2/c1-8-4-2-3-5-9-6-10(9)12-11-7-8/h2-5,7,9-10H,6H2,1H3/b4-2-,5-3+,8-7+,12-11-. The van der Waals surface area contributed by atoms with Gasteiger partial charge in [-0.05, 0) is 18.9 Å². The molecule has 2 nitrogen and oxygen atoms in total. The summed E-state index contributed by atoms with van der Waals surface area (Å²) in [5.41, 5.74) is 1.14. The summed E-state index contributed by atoms with van der Waals surface area (Å²) in [6.45, 7) is 2.02. The van der Waals surface area contributed by atoms with Gasteiger partial charge in [-0.25, -0.2) is 0 Å². The molecule has 1 heterocycles. The molecule has 0 radical (unpaired) electrons. The Morgan fingerprint density at radius 1 is 1.42 bits per heavy atom. The molecule has 0 saturated heterocycles. The van der Waals surface area contributed by atoms with Gasteiger partial charge in [0.15, 0.2) is 0 Å². The quantitative estimate of drug-likeness (QED) is 0.520. The van der Waals surface area contributed by atoms with Crippen LogP contribution in [0.5, 0.6) is 0 Å². The summed E-state index contributed by atoms with van der Waals surface area (Å²) in [7, 11) is 0. The lowest BCUT2D eigenvalue weighted by molar-refractivity contribution is 0.895. The van der Waals surface area contributed by atoms with Gasteiger partial charge in [-0.2, -0.15) is 10.2 Å². The molecule has 0 aromatic heterocycles. The zero-order valence-electron chi connectivity index (χ0n) is 7.14. The van der Waals surface area contributed by atoms with E-state index in [2.05, 4.69) is 28.5 Å². The zero-order chi connectivity index (χ0) is 8.39. The normalized spacial score (nSPS) is 44.9. The van der Waals surface area contributed by atoms with Gasteiger partial charge >= 0.3 is 0 Å². The lowest BCUT2D eigenvalue weighted by Gasteiger charge is -1.89. The minimum absolute atomic E-state index is 0.455. The largest absolute Gasteiger partial charge is 0.185 e. The molecule has 2 aliphatic rings. The van der Waals surface area contributed by atoms with Crippen LogP contribution in [0.3, 0.4) is 0 Å². The second kappa shape index (κ2) is 3.05. The predicted molar refractivity (Wildman–Crippen MR) is 48.8 cm³/mol. The van der Waals surface area contributed by atoms with Crippen molar-refractivity contribution in [1.82, 2.24) is 0 Å². The maximum atomic E-state index is 4.17. The molecule has 2 rings (SSSR count). The van der Waals surface area contributed by atoms with E-state index in [1.165, 1.54) is 6.42 Å². The highest BCUT2D eigenvalue weighted by Crippen LogP contribution is 2.35. The van der Waals surface area contributed by atoms with Gasteiger partial charge in [-0.3, -0.25) is 0 Å². The van der Waals surface area contributed by atoms with Crippen LogP contribution in [0.2, 0.25) is 0 Å². The van der Waals surface area contributed by atoms with E-state index in [4.69, 9.17) is 0 Å². The van der Waals surface area contributed by atoms with Crippen molar-refractivity contribution < 1.29 is 0 Å². The van der Waals surface area contributed by atoms with Gasteiger partial charge < -0.3 is 0 Å². The number of rotatable bonds is 0. The highest BCUT2D eigenvalue weighted by molar-refractivity contribution is 5.22.